The van der Waals surface area contributed by atoms with Crippen molar-refractivity contribution in [1.29, 1.82) is 0 Å². The molecule has 0 aliphatic carbocycles. The summed E-state index contributed by atoms with van der Waals surface area (Å²) in [6.07, 6.45) is 1.57. The monoisotopic (exact) mass is 224 g/mol. The van der Waals surface area contributed by atoms with E-state index in [0.29, 0.717) is 10.7 Å². The summed E-state index contributed by atoms with van der Waals surface area (Å²) in [6.45, 7) is 0. The molecule has 0 radical (unpaired) electrons. The van der Waals surface area contributed by atoms with Crippen molar-refractivity contribution in [3.05, 3.63) is 23.5 Å². The highest BCUT2D eigenvalue weighted by Gasteiger charge is 2.23. The third kappa shape index (κ3) is 3.89. The van der Waals surface area contributed by atoms with E-state index < -0.39 is 7.25 Å². The lowest BCUT2D eigenvalue weighted by atomic mass is 10.3. The van der Waals surface area contributed by atoms with E-state index in [1.54, 1.807) is 18.3 Å². The van der Waals surface area contributed by atoms with Crippen molar-refractivity contribution in [3.8, 4) is 0 Å². The summed E-state index contributed by atoms with van der Waals surface area (Å²) in [5.74, 6) is 0.377. The number of hydrogen-bond acceptors (Lipinski definition) is 3. The highest BCUT2D eigenvalue weighted by atomic mass is 19.5. The Kier molecular flexibility index (Phi) is 3.19. The minimum Gasteiger partial charge on any atom is -0.687 e. The molecule has 0 bridgehead atoms. The second-order valence-electron chi connectivity index (χ2n) is 2.43. The number of aromatic nitrogens is 1. The molecule has 1 aliphatic rings. The van der Waals surface area contributed by atoms with Crippen LogP contribution in [0.4, 0.5) is 28.8 Å². The lowest BCUT2D eigenvalue weighted by molar-refractivity contribution is -0.669. The Morgan fingerprint density at radius 3 is 2.47 bits per heavy atom. The van der Waals surface area contributed by atoms with E-state index in [1.165, 1.54) is 5.43 Å². The van der Waals surface area contributed by atoms with Crippen LogP contribution in [0.3, 0.4) is 0 Å². The van der Waals surface area contributed by atoms with Gasteiger partial charge in [0.1, 0.15) is 11.4 Å². The molecular weight excluding hydrogens is 219 g/mol. The maximum Gasteiger partial charge on any atom is 0.673 e. The molecule has 0 saturated carbocycles. The number of rotatable bonds is 0. The molecule has 0 spiro atoms. The Hall–Kier alpha value is -1.71. The molecule has 0 aromatic carbocycles. The Morgan fingerprint density at radius 2 is 1.93 bits per heavy atom. The lowest BCUT2D eigenvalue weighted by Gasteiger charge is -1.94. The van der Waals surface area contributed by atoms with E-state index in [-0.39, 0.29) is 0 Å². The fourth-order valence-electron chi connectivity index (χ4n) is 0.839. The number of halogens is 4. The molecule has 15 heavy (non-hydrogen) atoms. The van der Waals surface area contributed by atoms with E-state index in [2.05, 4.69) is 10.2 Å². The van der Waals surface area contributed by atoms with Crippen molar-refractivity contribution in [2.24, 2.45) is 5.22 Å². The van der Waals surface area contributed by atoms with Crippen molar-refractivity contribution in [2.45, 2.75) is 0 Å². The molecule has 82 valence electrons. The van der Waals surface area contributed by atoms with Crippen molar-refractivity contribution < 1.29 is 27.5 Å². The number of nitrogens with zero attached hydrogens (tertiary/aromatic N) is 3. The predicted octanol–water partition coefficient (Wildman–Crippen LogP) is 1.10. The average molecular weight is 224 g/mol. The normalized spacial score (nSPS) is 13.7. The van der Waals surface area contributed by atoms with Gasteiger partial charge in [0, 0.05) is 6.07 Å². The Labute approximate surface area is 81.1 Å². The van der Waals surface area contributed by atoms with Gasteiger partial charge in [-0.25, -0.2) is 0 Å². The van der Waals surface area contributed by atoms with Crippen LogP contribution in [-0.4, -0.2) is 17.1 Å². The van der Waals surface area contributed by atoms with Gasteiger partial charge in [0.25, 0.3) is 5.69 Å². The lowest BCUT2D eigenvalue weighted by Crippen LogP contribution is -2.69. The second-order valence-corrected chi connectivity index (χ2v) is 2.43. The molecule has 2 heterocycles. The van der Waals surface area contributed by atoms with Gasteiger partial charge < -0.3 is 22.5 Å². The molecule has 0 saturated heterocycles. The smallest absolute Gasteiger partial charge is 0.673 e. The zero-order valence-electron chi connectivity index (χ0n) is 7.15. The molecule has 5 nitrogen and oxygen atoms in total. The van der Waals surface area contributed by atoms with Gasteiger partial charge in [0.05, 0.1) is 0 Å². The first-order valence-electron chi connectivity index (χ1n) is 3.71. The van der Waals surface area contributed by atoms with Crippen LogP contribution in [0.15, 0.2) is 23.6 Å². The molecule has 10 heteroatoms. The molecule has 0 amide bonds. The summed E-state index contributed by atoms with van der Waals surface area (Å²) >= 11 is 0. The van der Waals surface area contributed by atoms with Gasteiger partial charge in [-0.05, 0) is 11.1 Å². The minimum absolute atomic E-state index is 0.377. The first kappa shape index (κ1) is 11.4. The van der Waals surface area contributed by atoms with Crippen LogP contribution < -0.4 is 5.43 Å². The van der Waals surface area contributed by atoms with Gasteiger partial charge in [-0.3, -0.25) is 0 Å². The number of fused-ring (bicyclic) bond motifs is 1. The van der Waals surface area contributed by atoms with E-state index in [0.717, 1.165) is 5.69 Å². The van der Waals surface area contributed by atoms with Crippen molar-refractivity contribution in [3.63, 3.8) is 0 Å². The zero-order valence-corrected chi connectivity index (χ0v) is 7.15. The fraction of sp³-hybridized carbons (Fsp3) is 0. The standard InChI is InChI=1S/C5H4N4O.BF4/c10-9-5-4(7-8-9)2-1-3-6-5;2-1(3,4)5/h1-3,7H;/q;-1/p+1. The van der Waals surface area contributed by atoms with Crippen LogP contribution in [0.25, 0.3) is 0 Å². The van der Waals surface area contributed by atoms with Crippen molar-refractivity contribution in [2.75, 3.05) is 0 Å². The topological polar surface area (TPSA) is 67.9 Å². The number of pyridine rings is 1. The van der Waals surface area contributed by atoms with Crippen LogP contribution in [0, 0.1) is 5.21 Å². The third-order valence-corrected chi connectivity index (χ3v) is 1.30. The molecule has 2 rings (SSSR count). The molecule has 1 aromatic rings. The molecule has 1 aliphatic heterocycles. The van der Waals surface area contributed by atoms with Gasteiger partial charge in [0.15, 0.2) is 0 Å². The van der Waals surface area contributed by atoms with Gasteiger partial charge in [0.2, 0.25) is 0 Å². The van der Waals surface area contributed by atoms with Crippen LogP contribution in [-0.2, 0) is 0 Å². The van der Waals surface area contributed by atoms with Crippen molar-refractivity contribution >= 4 is 18.8 Å². The first-order valence-corrected chi connectivity index (χ1v) is 3.71. The molecular formula is C5H5BF4N4O. The molecule has 0 unspecified atom stereocenters. The summed E-state index contributed by atoms with van der Waals surface area (Å²) in [5, 5.41) is 14.2. The maximum absolute atomic E-state index is 10.7. The SMILES string of the molecule is F[B-](F)(F)F.[O-][N+]1=N[NH2+]c2cccnc21. The number of nitrogens with two attached hydrogens (primary N) is 1. The van der Waals surface area contributed by atoms with E-state index in [1.807, 2.05) is 0 Å². The fourth-order valence-corrected chi connectivity index (χ4v) is 0.839. The summed E-state index contributed by atoms with van der Waals surface area (Å²) in [7, 11) is -6.00. The predicted molar refractivity (Wildman–Crippen MR) is 41.7 cm³/mol. The Balaban J connectivity index is 0.000000195. The van der Waals surface area contributed by atoms with Crippen LogP contribution in [0.1, 0.15) is 0 Å². The van der Waals surface area contributed by atoms with Crippen molar-refractivity contribution in [1.82, 2.24) is 4.98 Å². The maximum atomic E-state index is 10.7. The quantitative estimate of drug-likeness (QED) is 0.235. The summed E-state index contributed by atoms with van der Waals surface area (Å²) in [5.41, 5.74) is 2.27. The molecule has 2 N–H and O–H groups in total. The number of quaternary nitrogens is 1. The van der Waals surface area contributed by atoms with E-state index in [4.69, 9.17) is 0 Å². The van der Waals surface area contributed by atoms with Gasteiger partial charge in [-0.1, -0.05) is 4.86 Å². The highest BCUT2D eigenvalue weighted by Crippen LogP contribution is 2.17. The largest absolute Gasteiger partial charge is 0.687 e. The molecule has 0 atom stereocenters. The van der Waals surface area contributed by atoms with Gasteiger partial charge >= 0.3 is 13.1 Å². The van der Waals surface area contributed by atoms with Crippen LogP contribution in [0.2, 0.25) is 0 Å². The summed E-state index contributed by atoms with van der Waals surface area (Å²) < 4.78 is 39.0. The van der Waals surface area contributed by atoms with Crippen LogP contribution in [0.5, 0.6) is 0 Å². The average Bonchev–Trinajstić information content (AvgIpc) is 2.46. The zero-order chi connectivity index (χ0) is 11.5. The number of hydrogen-bond donors (Lipinski definition) is 1. The Morgan fingerprint density at radius 1 is 1.33 bits per heavy atom. The van der Waals surface area contributed by atoms with Gasteiger partial charge in [-0.2, -0.15) is 0 Å². The summed E-state index contributed by atoms with van der Waals surface area (Å²) in [4.78, 5) is 4.34. The van der Waals surface area contributed by atoms with E-state index in [9.17, 15) is 22.5 Å². The van der Waals surface area contributed by atoms with Crippen LogP contribution >= 0.6 is 0 Å². The first-order chi connectivity index (χ1) is 6.88. The van der Waals surface area contributed by atoms with Gasteiger partial charge in [-0.15, -0.1) is 5.43 Å². The minimum atomic E-state index is -6.00. The second kappa shape index (κ2) is 4.21. The Bertz CT molecular complexity index is 376. The van der Waals surface area contributed by atoms with E-state index >= 15 is 0 Å². The molecule has 0 fully saturated rings. The third-order valence-electron chi connectivity index (χ3n) is 1.30. The summed E-state index contributed by atoms with van der Waals surface area (Å²) in [6, 6.07) is 3.56. The molecule has 1 aromatic heterocycles. The highest BCUT2D eigenvalue weighted by molar-refractivity contribution is 6.50.